The Balaban J connectivity index is 1.94. The van der Waals surface area contributed by atoms with Crippen LogP contribution in [-0.2, 0) is 24.8 Å². The van der Waals surface area contributed by atoms with Gasteiger partial charge in [-0.1, -0.05) is 0 Å². The fourth-order valence-electron chi connectivity index (χ4n) is 1.92. The summed E-state index contributed by atoms with van der Waals surface area (Å²) in [5, 5.41) is 8.02. The molecule has 0 unspecified atom stereocenters. The molecule has 0 atom stereocenters. The molecule has 0 amide bonds. The lowest BCUT2D eigenvalue weighted by Crippen LogP contribution is -2.11. The average molecular weight is 193 g/mol. The van der Waals surface area contributed by atoms with Crippen LogP contribution in [0.2, 0.25) is 0 Å². The lowest BCUT2D eigenvalue weighted by Gasteiger charge is -2.13. The molecule has 1 N–H and O–H groups in total. The number of hydrogen-bond donors (Lipinski definition) is 1. The molecule has 1 fully saturated rings. The van der Waals surface area contributed by atoms with E-state index >= 15 is 0 Å². The second-order valence-electron chi connectivity index (χ2n) is 4.12. The number of nitrogens with one attached hydrogen (secondary N) is 1. The van der Waals surface area contributed by atoms with Gasteiger partial charge < -0.3 is 10.1 Å². The van der Waals surface area contributed by atoms with Gasteiger partial charge in [-0.2, -0.15) is 5.10 Å². The SMILES string of the molecule is Cn1nc2c(c1NC1CC1)COCC2. The summed E-state index contributed by atoms with van der Waals surface area (Å²) >= 11 is 0. The molecule has 0 saturated heterocycles. The van der Waals surface area contributed by atoms with Crippen molar-refractivity contribution in [3.8, 4) is 0 Å². The Labute approximate surface area is 83.2 Å². The Morgan fingerprint density at radius 3 is 3.14 bits per heavy atom. The van der Waals surface area contributed by atoms with Gasteiger partial charge in [-0.25, -0.2) is 0 Å². The zero-order valence-electron chi connectivity index (χ0n) is 8.42. The zero-order valence-corrected chi connectivity index (χ0v) is 8.42. The predicted molar refractivity (Wildman–Crippen MR) is 53.2 cm³/mol. The predicted octanol–water partition coefficient (Wildman–Crippen LogP) is 1.07. The summed E-state index contributed by atoms with van der Waals surface area (Å²) in [4.78, 5) is 0. The Morgan fingerprint density at radius 1 is 1.50 bits per heavy atom. The third-order valence-corrected chi connectivity index (χ3v) is 2.88. The third kappa shape index (κ3) is 1.30. The van der Waals surface area contributed by atoms with Crippen molar-refractivity contribution < 1.29 is 4.74 Å². The van der Waals surface area contributed by atoms with Crippen LogP contribution in [0.25, 0.3) is 0 Å². The molecular formula is C10H15N3O. The molecule has 0 radical (unpaired) electrons. The molecule has 76 valence electrons. The van der Waals surface area contributed by atoms with Crippen LogP contribution in [0.5, 0.6) is 0 Å². The van der Waals surface area contributed by atoms with Gasteiger partial charge >= 0.3 is 0 Å². The number of fused-ring (bicyclic) bond motifs is 1. The van der Waals surface area contributed by atoms with Crippen LogP contribution in [0.15, 0.2) is 0 Å². The summed E-state index contributed by atoms with van der Waals surface area (Å²) in [7, 11) is 2.00. The molecule has 2 aliphatic rings. The van der Waals surface area contributed by atoms with Crippen molar-refractivity contribution in [1.29, 1.82) is 0 Å². The maximum Gasteiger partial charge on any atom is 0.130 e. The third-order valence-electron chi connectivity index (χ3n) is 2.88. The van der Waals surface area contributed by atoms with Crippen molar-refractivity contribution in [2.75, 3.05) is 11.9 Å². The Morgan fingerprint density at radius 2 is 2.36 bits per heavy atom. The first kappa shape index (κ1) is 8.29. The Hall–Kier alpha value is -1.03. The van der Waals surface area contributed by atoms with E-state index in [1.165, 1.54) is 29.9 Å². The summed E-state index contributed by atoms with van der Waals surface area (Å²) in [6.07, 6.45) is 3.54. The molecule has 0 spiro atoms. The number of aryl methyl sites for hydroxylation is 1. The second-order valence-corrected chi connectivity index (χ2v) is 4.12. The summed E-state index contributed by atoms with van der Waals surface area (Å²) in [6, 6.07) is 0.677. The van der Waals surface area contributed by atoms with Crippen LogP contribution < -0.4 is 5.32 Å². The average Bonchev–Trinajstić information content (AvgIpc) is 2.93. The number of anilines is 1. The fraction of sp³-hybridized carbons (Fsp3) is 0.700. The molecule has 2 heterocycles. The highest BCUT2D eigenvalue weighted by Gasteiger charge is 2.26. The quantitative estimate of drug-likeness (QED) is 0.763. The van der Waals surface area contributed by atoms with Crippen LogP contribution in [0.4, 0.5) is 5.82 Å². The summed E-state index contributed by atoms with van der Waals surface area (Å²) in [5.74, 6) is 1.17. The van der Waals surface area contributed by atoms with Gasteiger partial charge in [0, 0.05) is 25.1 Å². The molecule has 0 aromatic carbocycles. The van der Waals surface area contributed by atoms with Crippen LogP contribution in [0.1, 0.15) is 24.1 Å². The van der Waals surface area contributed by atoms with E-state index in [2.05, 4.69) is 10.4 Å². The summed E-state index contributed by atoms with van der Waals surface area (Å²) in [6.45, 7) is 1.53. The van der Waals surface area contributed by atoms with Crippen LogP contribution in [-0.4, -0.2) is 22.4 Å². The van der Waals surface area contributed by atoms with Crippen molar-refractivity contribution in [3.63, 3.8) is 0 Å². The first-order valence-electron chi connectivity index (χ1n) is 5.23. The summed E-state index contributed by atoms with van der Waals surface area (Å²) < 4.78 is 7.41. The first-order valence-corrected chi connectivity index (χ1v) is 5.23. The van der Waals surface area contributed by atoms with Gasteiger partial charge in [0.25, 0.3) is 0 Å². The van der Waals surface area contributed by atoms with Crippen LogP contribution in [0, 0.1) is 0 Å². The van der Waals surface area contributed by atoms with Gasteiger partial charge in [-0.3, -0.25) is 4.68 Å². The minimum Gasteiger partial charge on any atom is -0.376 e. The number of ether oxygens (including phenoxy) is 1. The van der Waals surface area contributed by atoms with Crippen molar-refractivity contribution >= 4 is 5.82 Å². The molecule has 1 aliphatic carbocycles. The van der Waals surface area contributed by atoms with Crippen molar-refractivity contribution in [1.82, 2.24) is 9.78 Å². The summed E-state index contributed by atoms with van der Waals surface area (Å²) in [5.41, 5.74) is 2.48. The van der Waals surface area contributed by atoms with E-state index in [1.807, 2.05) is 11.7 Å². The molecule has 0 bridgehead atoms. The maximum atomic E-state index is 5.46. The monoisotopic (exact) mass is 193 g/mol. The molecule has 1 aromatic rings. The first-order chi connectivity index (χ1) is 6.84. The van der Waals surface area contributed by atoms with Gasteiger partial charge in [-0.05, 0) is 12.8 Å². The molecule has 3 rings (SSSR count). The van der Waals surface area contributed by atoms with Gasteiger partial charge in [0.15, 0.2) is 0 Å². The normalized spacial score (nSPS) is 20.6. The van der Waals surface area contributed by atoms with E-state index in [9.17, 15) is 0 Å². The Kier molecular flexibility index (Phi) is 1.77. The lowest BCUT2D eigenvalue weighted by atomic mass is 10.1. The molecule has 4 nitrogen and oxygen atoms in total. The standard InChI is InChI=1S/C10H15N3O/c1-13-10(11-7-2-3-7)8-6-14-5-4-9(8)12-13/h7,11H,2-6H2,1H3. The van der Waals surface area contributed by atoms with E-state index in [1.54, 1.807) is 0 Å². The van der Waals surface area contributed by atoms with Crippen molar-refractivity contribution in [3.05, 3.63) is 11.3 Å². The number of aromatic nitrogens is 2. The minimum absolute atomic E-state index is 0.677. The van der Waals surface area contributed by atoms with E-state index in [-0.39, 0.29) is 0 Å². The van der Waals surface area contributed by atoms with Crippen molar-refractivity contribution in [2.45, 2.75) is 31.9 Å². The smallest absolute Gasteiger partial charge is 0.130 e. The van der Waals surface area contributed by atoms with E-state index in [0.717, 1.165) is 19.6 Å². The van der Waals surface area contributed by atoms with Crippen LogP contribution >= 0.6 is 0 Å². The minimum atomic E-state index is 0.677. The highest BCUT2D eigenvalue weighted by Crippen LogP contribution is 2.29. The van der Waals surface area contributed by atoms with Gasteiger partial charge in [0.05, 0.1) is 18.9 Å². The topological polar surface area (TPSA) is 39.1 Å². The van der Waals surface area contributed by atoms with Gasteiger partial charge in [-0.15, -0.1) is 0 Å². The molecule has 14 heavy (non-hydrogen) atoms. The molecule has 1 aliphatic heterocycles. The van der Waals surface area contributed by atoms with Crippen LogP contribution in [0.3, 0.4) is 0 Å². The largest absolute Gasteiger partial charge is 0.376 e. The number of hydrogen-bond acceptors (Lipinski definition) is 3. The fourth-order valence-corrected chi connectivity index (χ4v) is 1.92. The molecule has 1 saturated carbocycles. The van der Waals surface area contributed by atoms with Gasteiger partial charge in [0.2, 0.25) is 0 Å². The number of nitrogens with zero attached hydrogens (tertiary/aromatic N) is 2. The molecule has 1 aromatic heterocycles. The van der Waals surface area contributed by atoms with Crippen molar-refractivity contribution in [2.24, 2.45) is 7.05 Å². The molecule has 4 heteroatoms. The maximum absolute atomic E-state index is 5.46. The van der Waals surface area contributed by atoms with E-state index in [4.69, 9.17) is 4.74 Å². The molecular weight excluding hydrogens is 178 g/mol. The van der Waals surface area contributed by atoms with Gasteiger partial charge in [0.1, 0.15) is 5.82 Å². The van der Waals surface area contributed by atoms with E-state index in [0.29, 0.717) is 6.04 Å². The highest BCUT2D eigenvalue weighted by atomic mass is 16.5. The highest BCUT2D eigenvalue weighted by molar-refractivity contribution is 5.49. The number of rotatable bonds is 2. The Bertz CT molecular complexity index is 354. The second kappa shape index (κ2) is 2.98. The lowest BCUT2D eigenvalue weighted by molar-refractivity contribution is 0.110. The van der Waals surface area contributed by atoms with E-state index < -0.39 is 0 Å². The zero-order chi connectivity index (χ0) is 9.54.